The Morgan fingerprint density at radius 3 is 2.43 bits per heavy atom. The predicted octanol–water partition coefficient (Wildman–Crippen LogP) is 2.51. The average Bonchev–Trinajstić information content (AvgIpc) is 3.46. The van der Waals surface area contributed by atoms with Crippen molar-refractivity contribution in [1.29, 1.82) is 0 Å². The van der Waals surface area contributed by atoms with Crippen molar-refractivity contribution in [3.05, 3.63) is 48.0 Å². The molecule has 9 nitrogen and oxygen atoms in total. The van der Waals surface area contributed by atoms with Gasteiger partial charge in [0.25, 0.3) is 5.91 Å². The van der Waals surface area contributed by atoms with Crippen LogP contribution in [0.4, 0.5) is 10.8 Å². The van der Waals surface area contributed by atoms with Crippen molar-refractivity contribution in [2.75, 3.05) is 56.2 Å². The number of fused-ring (bicyclic) bond motifs is 1. The number of carbonyl (C=O) groups excluding carboxylic acids is 3. The summed E-state index contributed by atoms with van der Waals surface area (Å²) in [6.45, 7) is 4.90. The minimum absolute atomic E-state index is 0.167. The van der Waals surface area contributed by atoms with Gasteiger partial charge in [-0.25, -0.2) is 4.98 Å². The number of thiazole rings is 1. The first-order chi connectivity index (χ1) is 17.0. The Morgan fingerprint density at radius 1 is 1.03 bits per heavy atom. The number of hydrogen-bond acceptors (Lipinski definition) is 8. The summed E-state index contributed by atoms with van der Waals surface area (Å²) < 4.78 is 6.43. The third kappa shape index (κ3) is 4.98. The molecule has 2 aromatic carbocycles. The Morgan fingerprint density at radius 2 is 1.74 bits per heavy atom. The summed E-state index contributed by atoms with van der Waals surface area (Å²) in [5, 5.41) is 3.99. The number of hydrogen-bond donors (Lipinski definition) is 1. The minimum atomic E-state index is -0.198. The lowest BCUT2D eigenvalue weighted by molar-refractivity contribution is -0.121. The monoisotopic (exact) mass is 493 g/mol. The molecule has 2 saturated heterocycles. The highest BCUT2D eigenvalue weighted by atomic mass is 32.1. The van der Waals surface area contributed by atoms with Crippen LogP contribution in [0, 0.1) is 0 Å². The molecule has 10 heteroatoms. The molecule has 3 heterocycles. The summed E-state index contributed by atoms with van der Waals surface area (Å²) in [5.74, 6) is 0.276. The van der Waals surface area contributed by atoms with Crippen LogP contribution in [0.2, 0.25) is 0 Å². The fourth-order valence-corrected chi connectivity index (χ4v) is 5.42. The molecule has 2 fully saturated rings. The van der Waals surface area contributed by atoms with E-state index in [1.54, 1.807) is 42.7 Å². The smallest absolute Gasteiger partial charge is 0.251 e. The molecule has 0 radical (unpaired) electrons. The number of imide groups is 1. The molecule has 5 rings (SSSR count). The first-order valence-electron chi connectivity index (χ1n) is 11.7. The third-order valence-corrected chi connectivity index (χ3v) is 7.46. The molecule has 1 N–H and O–H groups in total. The van der Waals surface area contributed by atoms with E-state index >= 15 is 0 Å². The summed E-state index contributed by atoms with van der Waals surface area (Å²) in [6, 6.07) is 12.5. The quantitative estimate of drug-likeness (QED) is 0.506. The highest BCUT2D eigenvalue weighted by Crippen LogP contribution is 2.31. The normalized spacial score (nSPS) is 16.8. The number of piperazine rings is 1. The number of ether oxygens (including phenoxy) is 1. The molecular formula is C25H27N5O4S. The second-order valence-corrected chi connectivity index (χ2v) is 9.59. The molecule has 0 atom stereocenters. The average molecular weight is 494 g/mol. The SMILES string of the molecule is COc1ccc2nc(N3CCN(CCNC(=O)c4ccc(N5C(=O)CCC5=O)cc4)CC3)sc2c1. The Kier molecular flexibility index (Phi) is 6.65. The molecule has 0 aliphatic carbocycles. The van der Waals surface area contributed by atoms with Gasteiger partial charge in [0.15, 0.2) is 5.13 Å². The number of anilines is 2. The molecule has 35 heavy (non-hydrogen) atoms. The van der Waals surface area contributed by atoms with Crippen LogP contribution in [0.1, 0.15) is 23.2 Å². The van der Waals surface area contributed by atoms with Crippen molar-refractivity contribution in [3.8, 4) is 5.75 Å². The van der Waals surface area contributed by atoms with E-state index in [9.17, 15) is 14.4 Å². The Labute approximate surface area is 207 Å². The van der Waals surface area contributed by atoms with E-state index in [0.717, 1.165) is 53.8 Å². The van der Waals surface area contributed by atoms with E-state index in [2.05, 4.69) is 15.1 Å². The van der Waals surface area contributed by atoms with Crippen molar-refractivity contribution >= 4 is 50.1 Å². The minimum Gasteiger partial charge on any atom is -0.497 e. The van der Waals surface area contributed by atoms with Gasteiger partial charge in [-0.1, -0.05) is 11.3 Å². The van der Waals surface area contributed by atoms with Gasteiger partial charge in [-0.05, 0) is 42.5 Å². The summed E-state index contributed by atoms with van der Waals surface area (Å²) in [7, 11) is 1.67. The van der Waals surface area contributed by atoms with Crippen molar-refractivity contribution < 1.29 is 19.1 Å². The predicted molar refractivity (Wildman–Crippen MR) is 135 cm³/mol. The number of nitrogens with zero attached hydrogens (tertiary/aromatic N) is 4. The Hall–Kier alpha value is -3.50. The maximum absolute atomic E-state index is 12.5. The van der Waals surface area contributed by atoms with Gasteiger partial charge in [0.2, 0.25) is 11.8 Å². The molecule has 182 valence electrons. The maximum atomic E-state index is 12.5. The van der Waals surface area contributed by atoms with Crippen LogP contribution in [0.25, 0.3) is 10.2 Å². The van der Waals surface area contributed by atoms with Crippen LogP contribution in [0.3, 0.4) is 0 Å². The van der Waals surface area contributed by atoms with E-state index < -0.39 is 0 Å². The van der Waals surface area contributed by atoms with E-state index in [-0.39, 0.29) is 30.6 Å². The van der Waals surface area contributed by atoms with Gasteiger partial charge in [-0.15, -0.1) is 0 Å². The summed E-state index contributed by atoms with van der Waals surface area (Å²) in [5.41, 5.74) is 2.01. The van der Waals surface area contributed by atoms with Crippen LogP contribution in [-0.4, -0.2) is 74.0 Å². The first-order valence-corrected chi connectivity index (χ1v) is 12.5. The number of nitrogens with one attached hydrogen (secondary N) is 1. The second-order valence-electron chi connectivity index (χ2n) is 8.58. The van der Waals surface area contributed by atoms with Gasteiger partial charge in [0.1, 0.15) is 5.75 Å². The molecule has 0 spiro atoms. The molecule has 3 amide bonds. The highest BCUT2D eigenvalue weighted by molar-refractivity contribution is 7.22. The first kappa shape index (κ1) is 23.3. The van der Waals surface area contributed by atoms with Gasteiger partial charge in [-0.2, -0.15) is 0 Å². The van der Waals surface area contributed by atoms with Crippen molar-refractivity contribution in [2.45, 2.75) is 12.8 Å². The standard InChI is InChI=1S/C25H27N5O4S/c1-34-19-6-7-20-21(16-19)35-25(27-20)29-14-12-28(13-15-29)11-10-26-24(33)17-2-4-18(5-3-17)30-22(31)8-9-23(30)32/h2-7,16H,8-15H2,1H3,(H,26,33). The van der Waals surface area contributed by atoms with E-state index in [4.69, 9.17) is 9.72 Å². The molecule has 2 aliphatic heterocycles. The van der Waals surface area contributed by atoms with Crippen LogP contribution < -0.4 is 19.9 Å². The fourth-order valence-electron chi connectivity index (χ4n) is 4.37. The second kappa shape index (κ2) is 10.0. The third-order valence-electron chi connectivity index (χ3n) is 6.38. The zero-order valence-corrected chi connectivity index (χ0v) is 20.3. The summed E-state index contributed by atoms with van der Waals surface area (Å²) in [6.07, 6.45) is 0.482. The molecule has 0 unspecified atom stereocenters. The van der Waals surface area contributed by atoms with E-state index in [0.29, 0.717) is 17.8 Å². The van der Waals surface area contributed by atoms with Crippen molar-refractivity contribution in [3.63, 3.8) is 0 Å². The van der Waals surface area contributed by atoms with Gasteiger partial charge < -0.3 is 15.0 Å². The number of carbonyl (C=O) groups is 3. The number of amides is 3. The molecular weight excluding hydrogens is 466 g/mol. The van der Waals surface area contributed by atoms with E-state index in [1.807, 2.05) is 18.2 Å². The lowest BCUT2D eigenvalue weighted by atomic mass is 10.2. The van der Waals surface area contributed by atoms with Crippen LogP contribution >= 0.6 is 11.3 Å². The zero-order chi connectivity index (χ0) is 24.4. The highest BCUT2D eigenvalue weighted by Gasteiger charge is 2.30. The van der Waals surface area contributed by atoms with E-state index in [1.165, 1.54) is 4.90 Å². The van der Waals surface area contributed by atoms with Crippen LogP contribution in [-0.2, 0) is 9.59 Å². The summed E-state index contributed by atoms with van der Waals surface area (Å²) in [4.78, 5) is 46.9. The largest absolute Gasteiger partial charge is 0.497 e. The molecule has 2 aliphatic rings. The molecule has 3 aromatic rings. The Balaban J connectivity index is 1.08. The molecule has 1 aromatic heterocycles. The molecule has 0 bridgehead atoms. The van der Waals surface area contributed by atoms with Gasteiger partial charge in [-0.3, -0.25) is 24.2 Å². The number of aromatic nitrogens is 1. The van der Waals surface area contributed by atoms with Crippen LogP contribution in [0.15, 0.2) is 42.5 Å². The zero-order valence-electron chi connectivity index (χ0n) is 19.5. The fraction of sp³-hybridized carbons (Fsp3) is 0.360. The van der Waals surface area contributed by atoms with Crippen LogP contribution in [0.5, 0.6) is 5.75 Å². The molecule has 0 saturated carbocycles. The topological polar surface area (TPSA) is 95.1 Å². The van der Waals surface area contributed by atoms with Gasteiger partial charge in [0.05, 0.1) is 23.0 Å². The summed E-state index contributed by atoms with van der Waals surface area (Å²) >= 11 is 1.68. The van der Waals surface area contributed by atoms with Gasteiger partial charge in [0, 0.05) is 57.7 Å². The Bertz CT molecular complexity index is 1230. The maximum Gasteiger partial charge on any atom is 0.251 e. The number of rotatable bonds is 7. The van der Waals surface area contributed by atoms with Crippen molar-refractivity contribution in [1.82, 2.24) is 15.2 Å². The number of methoxy groups -OCH3 is 1. The lowest BCUT2D eigenvalue weighted by Gasteiger charge is -2.34. The lowest BCUT2D eigenvalue weighted by Crippen LogP contribution is -2.48. The van der Waals surface area contributed by atoms with Gasteiger partial charge >= 0.3 is 0 Å². The van der Waals surface area contributed by atoms with Crippen molar-refractivity contribution in [2.24, 2.45) is 0 Å². The number of benzene rings is 2.